The van der Waals surface area contributed by atoms with Crippen LogP contribution in [0.2, 0.25) is 0 Å². The van der Waals surface area contributed by atoms with Crippen LogP contribution in [-0.2, 0) is 0 Å². The predicted octanol–water partition coefficient (Wildman–Crippen LogP) is 5.53. The van der Waals surface area contributed by atoms with Crippen molar-refractivity contribution in [1.82, 2.24) is 0 Å². The fourth-order valence-corrected chi connectivity index (χ4v) is 3.20. The number of rotatable bonds is 4. The lowest BCUT2D eigenvalue weighted by molar-refractivity contribution is -0.385. The molecule has 0 saturated heterocycles. The molecule has 0 aliphatic carbocycles. The first-order valence-corrected chi connectivity index (χ1v) is 10.7. The van der Waals surface area contributed by atoms with Gasteiger partial charge in [0.1, 0.15) is 0 Å². The van der Waals surface area contributed by atoms with Crippen molar-refractivity contribution in [2.45, 2.75) is 0 Å². The SMILES string of the molecule is O=C(c1ccc(C#Cc2ccc([N+](=O)[O-])cc2)cc1)c1ccc(C#Cc2ccc([N+](=O)[O-])cc2)cc1. The van der Waals surface area contributed by atoms with E-state index in [1.54, 1.807) is 72.8 Å². The highest BCUT2D eigenvalue weighted by molar-refractivity contribution is 6.09. The Bertz CT molecular complexity index is 1440. The first kappa shape index (κ1) is 23.6. The highest BCUT2D eigenvalue weighted by atomic mass is 16.6. The molecule has 4 rings (SSSR count). The van der Waals surface area contributed by atoms with Gasteiger partial charge >= 0.3 is 0 Å². The van der Waals surface area contributed by atoms with Gasteiger partial charge in [-0.05, 0) is 72.8 Å². The summed E-state index contributed by atoms with van der Waals surface area (Å²) >= 11 is 0. The minimum absolute atomic E-state index is 0.00739. The molecular formula is C29H16N2O5. The smallest absolute Gasteiger partial charge is 0.269 e. The van der Waals surface area contributed by atoms with E-state index in [4.69, 9.17) is 0 Å². The Kier molecular flexibility index (Phi) is 6.96. The minimum Gasteiger partial charge on any atom is -0.289 e. The van der Waals surface area contributed by atoms with Gasteiger partial charge in [0.2, 0.25) is 0 Å². The van der Waals surface area contributed by atoms with Crippen LogP contribution in [0.25, 0.3) is 0 Å². The van der Waals surface area contributed by atoms with Gasteiger partial charge in [-0.15, -0.1) is 0 Å². The number of benzene rings is 4. The monoisotopic (exact) mass is 472 g/mol. The molecule has 7 nitrogen and oxygen atoms in total. The lowest BCUT2D eigenvalue weighted by Gasteiger charge is -2.02. The number of carbonyl (C=O) groups excluding carboxylic acids is 1. The van der Waals surface area contributed by atoms with Crippen LogP contribution in [0, 0.1) is 43.9 Å². The molecule has 4 aromatic carbocycles. The van der Waals surface area contributed by atoms with E-state index < -0.39 is 9.85 Å². The lowest BCUT2D eigenvalue weighted by Crippen LogP contribution is -2.01. The first-order chi connectivity index (χ1) is 17.4. The molecule has 0 spiro atoms. The Balaban J connectivity index is 1.41. The van der Waals surface area contributed by atoms with E-state index in [0.717, 1.165) is 0 Å². The first-order valence-electron chi connectivity index (χ1n) is 10.7. The standard InChI is InChI=1S/C29H16N2O5/c32-29(25-13-5-21(6-14-25)1-3-23-9-17-27(18-10-23)30(33)34)26-15-7-22(8-16-26)2-4-24-11-19-28(20-12-24)31(35)36/h5-20H. The average molecular weight is 472 g/mol. The topological polar surface area (TPSA) is 103 Å². The molecular weight excluding hydrogens is 456 g/mol. The van der Waals surface area contributed by atoms with Crippen LogP contribution in [0.3, 0.4) is 0 Å². The van der Waals surface area contributed by atoms with Crippen LogP contribution in [0.15, 0.2) is 97.1 Å². The van der Waals surface area contributed by atoms with Crippen molar-refractivity contribution in [3.63, 3.8) is 0 Å². The molecule has 0 bridgehead atoms. The maximum absolute atomic E-state index is 12.8. The third kappa shape index (κ3) is 5.88. The van der Waals surface area contributed by atoms with Crippen molar-refractivity contribution in [2.24, 2.45) is 0 Å². The Hall–Kier alpha value is -5.53. The molecule has 36 heavy (non-hydrogen) atoms. The van der Waals surface area contributed by atoms with E-state index >= 15 is 0 Å². The molecule has 0 unspecified atom stereocenters. The number of carbonyl (C=O) groups is 1. The highest BCUT2D eigenvalue weighted by Crippen LogP contribution is 2.14. The predicted molar refractivity (Wildman–Crippen MR) is 134 cm³/mol. The summed E-state index contributed by atoms with van der Waals surface area (Å²) in [6, 6.07) is 25.7. The van der Waals surface area contributed by atoms with E-state index in [-0.39, 0.29) is 17.2 Å². The molecule has 4 aromatic rings. The van der Waals surface area contributed by atoms with Crippen molar-refractivity contribution >= 4 is 17.2 Å². The lowest BCUT2D eigenvalue weighted by atomic mass is 10.0. The summed E-state index contributed by atoms with van der Waals surface area (Å²) in [4.78, 5) is 33.3. The minimum atomic E-state index is -0.462. The molecule has 0 amide bonds. The van der Waals surface area contributed by atoms with Crippen molar-refractivity contribution in [3.05, 3.63) is 151 Å². The van der Waals surface area contributed by atoms with Crippen LogP contribution in [0.1, 0.15) is 38.2 Å². The summed E-state index contributed by atoms with van der Waals surface area (Å²) in [6.07, 6.45) is 0. The molecule has 0 fully saturated rings. The molecule has 0 saturated carbocycles. The van der Waals surface area contributed by atoms with Crippen LogP contribution in [0.5, 0.6) is 0 Å². The van der Waals surface area contributed by atoms with E-state index in [0.29, 0.717) is 33.4 Å². The molecule has 0 aliphatic rings. The van der Waals surface area contributed by atoms with Crippen LogP contribution in [-0.4, -0.2) is 15.6 Å². The quantitative estimate of drug-likeness (QED) is 0.168. The Morgan fingerprint density at radius 3 is 0.972 bits per heavy atom. The number of hydrogen-bond donors (Lipinski definition) is 0. The van der Waals surface area contributed by atoms with Gasteiger partial charge in [0.15, 0.2) is 5.78 Å². The summed E-state index contributed by atoms with van der Waals surface area (Å²) in [5.74, 6) is 11.7. The number of hydrogen-bond acceptors (Lipinski definition) is 5. The Morgan fingerprint density at radius 1 is 0.472 bits per heavy atom. The van der Waals surface area contributed by atoms with E-state index in [2.05, 4.69) is 23.7 Å². The molecule has 7 heteroatoms. The summed E-state index contributed by atoms with van der Waals surface area (Å²) in [7, 11) is 0. The van der Waals surface area contributed by atoms with Crippen LogP contribution >= 0.6 is 0 Å². The maximum Gasteiger partial charge on any atom is 0.269 e. The average Bonchev–Trinajstić information content (AvgIpc) is 2.91. The zero-order valence-corrected chi connectivity index (χ0v) is 18.7. The van der Waals surface area contributed by atoms with Gasteiger partial charge in [-0.25, -0.2) is 0 Å². The van der Waals surface area contributed by atoms with E-state index in [9.17, 15) is 25.0 Å². The fourth-order valence-electron chi connectivity index (χ4n) is 3.20. The second kappa shape index (κ2) is 10.6. The zero-order valence-electron chi connectivity index (χ0n) is 18.7. The van der Waals surface area contributed by atoms with Gasteiger partial charge in [-0.3, -0.25) is 25.0 Å². The molecule has 0 radical (unpaired) electrons. The van der Waals surface area contributed by atoms with E-state index in [1.165, 1.54) is 24.3 Å². The largest absolute Gasteiger partial charge is 0.289 e. The van der Waals surface area contributed by atoms with Crippen molar-refractivity contribution in [1.29, 1.82) is 0 Å². The number of nitrogens with zero attached hydrogens (tertiary/aromatic N) is 2. The van der Waals surface area contributed by atoms with Gasteiger partial charge in [-0.1, -0.05) is 23.7 Å². The number of nitro groups is 2. The number of non-ortho nitro benzene ring substituents is 2. The molecule has 0 atom stereocenters. The van der Waals surface area contributed by atoms with Gasteiger partial charge in [0.25, 0.3) is 11.4 Å². The van der Waals surface area contributed by atoms with Crippen molar-refractivity contribution < 1.29 is 14.6 Å². The summed E-state index contributed by atoms with van der Waals surface area (Å²) in [6.45, 7) is 0. The molecule has 0 N–H and O–H groups in total. The van der Waals surface area contributed by atoms with Gasteiger partial charge in [-0.2, -0.15) is 0 Å². The van der Waals surface area contributed by atoms with E-state index in [1.807, 2.05) is 0 Å². The molecule has 172 valence electrons. The molecule has 0 aliphatic heterocycles. The summed E-state index contributed by atoms with van der Waals surface area (Å²) < 4.78 is 0. The Morgan fingerprint density at radius 2 is 0.722 bits per heavy atom. The van der Waals surface area contributed by atoms with Crippen LogP contribution < -0.4 is 0 Å². The van der Waals surface area contributed by atoms with Crippen molar-refractivity contribution in [3.8, 4) is 23.7 Å². The number of nitro benzene ring substituents is 2. The second-order valence-electron chi connectivity index (χ2n) is 7.59. The molecule has 0 heterocycles. The van der Waals surface area contributed by atoms with Gasteiger partial charge < -0.3 is 0 Å². The normalized spacial score (nSPS) is 9.78. The van der Waals surface area contributed by atoms with Gasteiger partial charge in [0, 0.05) is 57.6 Å². The highest BCUT2D eigenvalue weighted by Gasteiger charge is 2.09. The maximum atomic E-state index is 12.8. The summed E-state index contributed by atoms with van der Waals surface area (Å²) in [5, 5.41) is 21.5. The zero-order chi connectivity index (χ0) is 25.5. The van der Waals surface area contributed by atoms with Crippen LogP contribution in [0.4, 0.5) is 11.4 Å². The summed E-state index contributed by atoms with van der Waals surface area (Å²) in [5.41, 5.74) is 3.76. The molecule has 0 aromatic heterocycles. The fraction of sp³-hybridized carbons (Fsp3) is 0. The second-order valence-corrected chi connectivity index (χ2v) is 7.59. The van der Waals surface area contributed by atoms with Gasteiger partial charge in [0.05, 0.1) is 9.85 Å². The number of ketones is 1. The Labute approximate surface area is 206 Å². The van der Waals surface area contributed by atoms with Crippen molar-refractivity contribution in [2.75, 3.05) is 0 Å². The third-order valence-electron chi connectivity index (χ3n) is 5.15. The third-order valence-corrected chi connectivity index (χ3v) is 5.15.